The van der Waals surface area contributed by atoms with E-state index in [9.17, 15) is 32.7 Å². The number of carbonyl (C=O) groups excluding carboxylic acids is 3. The number of aliphatic carboxylic acids is 1. The smallest absolute Gasteiger partial charge is 0.550 e. The quantitative estimate of drug-likeness (QED) is 0.406. The summed E-state index contributed by atoms with van der Waals surface area (Å²) in [5.41, 5.74) is -0.293. The fourth-order valence-corrected chi connectivity index (χ4v) is 6.45. The zero-order valence-electron chi connectivity index (χ0n) is 26.8. The number of nitrogens with zero attached hydrogens (tertiary/aromatic N) is 2. The van der Waals surface area contributed by atoms with Crippen LogP contribution in [0.4, 0.5) is 13.2 Å². The summed E-state index contributed by atoms with van der Waals surface area (Å²) in [6.07, 6.45) is 0.313. The number of carboxylic acids is 1. The Morgan fingerprint density at radius 2 is 1.73 bits per heavy atom. The van der Waals surface area contributed by atoms with Crippen molar-refractivity contribution in [2.45, 2.75) is 96.9 Å². The van der Waals surface area contributed by atoms with E-state index in [1.807, 2.05) is 4.90 Å². The Balaban J connectivity index is 0.00000552. The van der Waals surface area contributed by atoms with E-state index in [2.05, 4.69) is 33.0 Å². The van der Waals surface area contributed by atoms with Gasteiger partial charge < -0.3 is 20.1 Å². The molecule has 2 aromatic carbocycles. The number of nitrogens with one attached hydrogen (secondary N) is 1. The van der Waals surface area contributed by atoms with E-state index in [-0.39, 0.29) is 65.1 Å². The van der Waals surface area contributed by atoms with Crippen molar-refractivity contribution in [1.29, 1.82) is 0 Å². The van der Waals surface area contributed by atoms with Gasteiger partial charge in [0.25, 0.3) is 11.8 Å². The van der Waals surface area contributed by atoms with Gasteiger partial charge >= 0.3 is 35.7 Å². The normalized spacial score (nSPS) is 20.9. The predicted molar refractivity (Wildman–Crippen MR) is 160 cm³/mol. The van der Waals surface area contributed by atoms with Gasteiger partial charge in [0.15, 0.2) is 0 Å². The summed E-state index contributed by atoms with van der Waals surface area (Å²) in [5.74, 6) is -1.65. The first-order chi connectivity index (χ1) is 20.7. The van der Waals surface area contributed by atoms with Gasteiger partial charge in [0.05, 0.1) is 11.6 Å². The van der Waals surface area contributed by atoms with Crippen molar-refractivity contribution in [3.63, 3.8) is 0 Å². The Hall–Kier alpha value is -2.69. The molecule has 1 aliphatic heterocycles. The Morgan fingerprint density at radius 1 is 1.09 bits per heavy atom. The first-order valence-electron chi connectivity index (χ1n) is 15.4. The van der Waals surface area contributed by atoms with Crippen LogP contribution < -0.4 is 40.0 Å². The van der Waals surface area contributed by atoms with Gasteiger partial charge in [-0.25, -0.2) is 0 Å². The van der Waals surface area contributed by atoms with Crippen LogP contribution in [0.15, 0.2) is 53.5 Å². The fourth-order valence-electron chi connectivity index (χ4n) is 6.45. The zero-order valence-corrected chi connectivity index (χ0v) is 28.8. The third-order valence-corrected chi connectivity index (χ3v) is 8.98. The van der Waals surface area contributed by atoms with Crippen LogP contribution in [0, 0.1) is 11.3 Å². The Kier molecular flexibility index (Phi) is 12.1. The first-order valence-corrected chi connectivity index (χ1v) is 15.4. The molecule has 1 heterocycles. The van der Waals surface area contributed by atoms with Crippen LogP contribution in [0.5, 0.6) is 0 Å². The molecule has 238 valence electrons. The summed E-state index contributed by atoms with van der Waals surface area (Å²) in [5, 5.41) is 13.2. The maximum atomic E-state index is 14.3. The molecular formula is C34H41F3N3NaO4. The van der Waals surface area contributed by atoms with Crippen molar-refractivity contribution in [2.24, 2.45) is 16.3 Å². The monoisotopic (exact) mass is 635 g/mol. The number of hydrogen-bond donors (Lipinski definition) is 1. The molecule has 2 amide bonds. The minimum atomic E-state index is -4.55. The summed E-state index contributed by atoms with van der Waals surface area (Å²) in [7, 11) is 0. The molecular weight excluding hydrogens is 594 g/mol. The van der Waals surface area contributed by atoms with Gasteiger partial charge in [-0.05, 0) is 73.3 Å². The van der Waals surface area contributed by atoms with Gasteiger partial charge in [-0.1, -0.05) is 64.8 Å². The van der Waals surface area contributed by atoms with Gasteiger partial charge in [0.1, 0.15) is 11.4 Å². The van der Waals surface area contributed by atoms with Crippen LogP contribution in [0.1, 0.15) is 112 Å². The Morgan fingerprint density at radius 3 is 2.29 bits per heavy atom. The predicted octanol–water partition coefficient (Wildman–Crippen LogP) is 3.07. The third kappa shape index (κ3) is 8.57. The van der Waals surface area contributed by atoms with E-state index < -0.39 is 35.3 Å². The average Bonchev–Trinajstić information content (AvgIpc) is 3.23. The van der Waals surface area contributed by atoms with Crippen molar-refractivity contribution in [3.05, 3.63) is 70.8 Å². The van der Waals surface area contributed by atoms with E-state index in [1.54, 1.807) is 24.3 Å². The molecule has 1 aliphatic carbocycles. The van der Waals surface area contributed by atoms with E-state index in [0.717, 1.165) is 43.4 Å². The van der Waals surface area contributed by atoms with E-state index in [1.165, 1.54) is 12.1 Å². The SMILES string of the molecule is CCCC[C@H](c1ccc(C(=O)NCCC(=O)[O-])cc1)N1C(=O)C(c2cccc(C(F)(F)F)c2)=NC12CCC(C(C)(C)C)CC2.[Na+]. The van der Waals surface area contributed by atoms with Crippen LogP contribution in [-0.4, -0.2) is 40.6 Å². The molecule has 7 nitrogen and oxygen atoms in total. The van der Waals surface area contributed by atoms with Crippen LogP contribution in [0.2, 0.25) is 0 Å². The summed E-state index contributed by atoms with van der Waals surface area (Å²) >= 11 is 0. The van der Waals surface area contributed by atoms with Crippen molar-refractivity contribution in [1.82, 2.24) is 10.2 Å². The van der Waals surface area contributed by atoms with E-state index >= 15 is 0 Å². The minimum Gasteiger partial charge on any atom is -0.550 e. The first kappa shape index (κ1) is 36.8. The topological polar surface area (TPSA) is 102 Å². The molecule has 0 bridgehead atoms. The second-order valence-corrected chi connectivity index (χ2v) is 13.0. The molecule has 0 unspecified atom stereocenters. The molecule has 0 aromatic heterocycles. The number of rotatable bonds is 10. The number of carboxylic acid groups (broad SMARTS) is 1. The molecule has 2 aromatic rings. The van der Waals surface area contributed by atoms with Crippen molar-refractivity contribution in [3.8, 4) is 0 Å². The van der Waals surface area contributed by atoms with E-state index in [4.69, 9.17) is 4.99 Å². The second kappa shape index (κ2) is 14.8. The number of halogens is 3. The zero-order chi connectivity index (χ0) is 32.3. The average molecular weight is 636 g/mol. The van der Waals surface area contributed by atoms with Gasteiger partial charge in [-0.15, -0.1) is 0 Å². The molecule has 1 fully saturated rings. The molecule has 1 N–H and O–H groups in total. The third-order valence-electron chi connectivity index (χ3n) is 8.98. The van der Waals surface area contributed by atoms with Crippen LogP contribution in [0.3, 0.4) is 0 Å². The number of aliphatic imine (C=N–C) groups is 1. The van der Waals surface area contributed by atoms with Gasteiger partial charge in [0.2, 0.25) is 0 Å². The van der Waals surface area contributed by atoms with Crippen molar-refractivity contribution in [2.75, 3.05) is 6.54 Å². The number of alkyl halides is 3. The Labute approximate surface area is 285 Å². The maximum Gasteiger partial charge on any atom is 1.00 e. The number of carbonyl (C=O) groups is 3. The van der Waals surface area contributed by atoms with Crippen molar-refractivity contribution >= 4 is 23.5 Å². The minimum absolute atomic E-state index is 0. The molecule has 45 heavy (non-hydrogen) atoms. The molecule has 1 spiro atoms. The van der Waals surface area contributed by atoms with Gasteiger partial charge in [0, 0.05) is 30.1 Å². The number of amides is 2. The van der Waals surface area contributed by atoms with Gasteiger partial charge in [-0.2, -0.15) is 13.2 Å². The molecule has 11 heteroatoms. The molecule has 0 radical (unpaired) electrons. The summed E-state index contributed by atoms with van der Waals surface area (Å²) < 4.78 is 40.9. The molecule has 0 saturated heterocycles. The summed E-state index contributed by atoms with van der Waals surface area (Å²) in [4.78, 5) is 44.4. The molecule has 2 aliphatic rings. The largest absolute Gasteiger partial charge is 1.00 e. The number of benzene rings is 2. The number of hydrogen-bond acceptors (Lipinski definition) is 5. The Bertz CT molecular complexity index is 1390. The summed E-state index contributed by atoms with van der Waals surface area (Å²) in [6, 6.07) is 11.3. The molecule has 1 atom stereocenters. The standard InChI is InChI=1S/C34H42F3N3O4.Na/c1-5-6-10-27(22-11-13-23(14-12-22)30(43)38-20-17-28(41)42)40-31(44)29(24-8-7-9-26(21-24)34(35,36)37)39-33(40)18-15-25(16-19-33)32(2,3)4;/h7-9,11-14,21,25,27H,5-6,10,15-20H2,1-4H3,(H,38,43)(H,41,42);/q;+1/p-1/t25?,27-,33?;/m1./s1. The van der Waals surface area contributed by atoms with Crippen LogP contribution >= 0.6 is 0 Å². The molecule has 1 saturated carbocycles. The fraction of sp³-hybridized carbons (Fsp3) is 0.529. The maximum absolute atomic E-state index is 14.3. The van der Waals surface area contributed by atoms with Gasteiger partial charge in [-0.3, -0.25) is 14.6 Å². The van der Waals surface area contributed by atoms with E-state index in [0.29, 0.717) is 30.7 Å². The summed E-state index contributed by atoms with van der Waals surface area (Å²) in [6.45, 7) is 8.59. The van der Waals surface area contributed by atoms with Crippen LogP contribution in [-0.2, 0) is 15.8 Å². The van der Waals surface area contributed by atoms with Crippen molar-refractivity contribution < 1.29 is 62.2 Å². The van der Waals surface area contributed by atoms with Crippen LogP contribution in [0.25, 0.3) is 0 Å². The second-order valence-electron chi connectivity index (χ2n) is 13.0. The number of unbranched alkanes of at least 4 members (excludes halogenated alkanes) is 1. The molecule has 4 rings (SSSR count).